The monoisotopic (exact) mass is 1870 g/mol. The minimum Gasteiger partial charge on any atom is -0.368 e. The molecule has 0 radical (unpaired) electrons. The molecule has 1 rings (SSSR count). The van der Waals surface area contributed by atoms with Crippen molar-refractivity contribution in [1.82, 2.24) is 79.3 Å². The summed E-state index contributed by atoms with van der Waals surface area (Å²) in [5, 5.41) is 39.0. The molecule has 30 N–H and O–H groups in total. The standard InChI is InChI=1S/C93H177N23O16/c1-14-15-16-17-18-19-20-44-78(117)104-66(37-22-29-46-95)83(122)107-67(38-23-30-47-96)82(121)102-64(13)81(120)111-73(54-59(4)5)89(128)108-69(40-25-32-49-98)85(124)112-72(53-58(2)3)87(126)103-63(12)80(119)106-68(39-24-31-48-97)84(123)110-71(42-27-34-51-100)93(132)116-52-35-43-77(116)92(131)115-76(57-62(10)11)90(129)109-70(41-26-33-50-99)86(125)113-75(56-61(8)9)91(130)114-74(55-60(6)7)88(127)105-65(79(101)118)36-21-28-45-94/h58-77H,14-57,94-100H2,1-13H3,(H2,101,118)(H,102,121)(H,103,126)(H,104,117)(H,105,127)(H,106,119)(H,107,122)(H,108,128)(H,109,129)(H,110,123)(H,111,120)(H,112,124)(H,113,125)(H,114,130)(H,115,131)/t63-,64-,65-,66-,67-,68-,69-,70-,71-,72-,73-,74-,75-,76-,77-/m0/s1. The molecule has 0 saturated carbocycles. The summed E-state index contributed by atoms with van der Waals surface area (Å²) in [7, 11) is 0. The smallest absolute Gasteiger partial charge is 0.245 e. The van der Waals surface area contributed by atoms with E-state index in [1.54, 1.807) is 0 Å². The molecule has 1 aliphatic rings. The minimum atomic E-state index is -1.35. The molecular formula is C93H177N23O16. The summed E-state index contributed by atoms with van der Waals surface area (Å²) >= 11 is 0. The van der Waals surface area contributed by atoms with E-state index in [4.69, 9.17) is 45.9 Å². The molecule has 1 heterocycles. The SMILES string of the molecule is CCCCCCCCCC(=O)N[C@@H](CCCCN)C(=O)N[C@@H](CCCCN)C(=O)N[C@@H](C)C(=O)N[C@@H](CC(C)C)C(=O)N[C@@H](CCCCN)C(=O)N[C@@H](CC(C)C)C(=O)N[C@@H](C)C(=O)N[C@@H](CCCCN)C(=O)N[C@@H](CCCCN)C(=O)N1CCC[C@H]1C(=O)N[C@@H](CC(C)C)C(=O)N[C@@H](CCCCN)C(=O)N[C@@H](CC(C)C)C(=O)N[C@@H](CC(C)C)C(=O)N[C@@H](CCCCN)C(N)=O. The maximum atomic E-state index is 15.1. The molecule has 132 heavy (non-hydrogen) atoms. The number of hydrogen-bond acceptors (Lipinski definition) is 23. The molecule has 0 spiro atoms. The van der Waals surface area contributed by atoms with E-state index < -0.39 is 179 Å². The molecule has 0 aromatic heterocycles. The number of carbonyl (C=O) groups is 16. The summed E-state index contributed by atoms with van der Waals surface area (Å²) in [6, 6.07) is -18.0. The quantitative estimate of drug-likeness (QED) is 0.0384. The Morgan fingerprint density at radius 3 is 0.811 bits per heavy atom. The van der Waals surface area contributed by atoms with Gasteiger partial charge in [-0.2, -0.15) is 0 Å². The van der Waals surface area contributed by atoms with Gasteiger partial charge in [-0.1, -0.05) is 115 Å². The third-order valence-corrected chi connectivity index (χ3v) is 23.1. The van der Waals surface area contributed by atoms with Crippen LogP contribution in [0.2, 0.25) is 0 Å². The largest absolute Gasteiger partial charge is 0.368 e. The summed E-state index contributed by atoms with van der Waals surface area (Å²) in [5.41, 5.74) is 46.6. The Balaban J connectivity index is 3.58. The fraction of sp³-hybridized carbons (Fsp3) is 0.828. The van der Waals surface area contributed by atoms with Crippen LogP contribution in [0.15, 0.2) is 0 Å². The van der Waals surface area contributed by atoms with E-state index in [-0.39, 0.29) is 158 Å². The van der Waals surface area contributed by atoms with Gasteiger partial charge in [0.05, 0.1) is 0 Å². The Hall–Kier alpha value is -8.76. The van der Waals surface area contributed by atoms with Crippen LogP contribution in [0.3, 0.4) is 0 Å². The topological polar surface area (TPSA) is 653 Å². The number of amides is 16. The predicted octanol–water partition coefficient (Wildman–Crippen LogP) is 1.56. The molecule has 1 fully saturated rings. The summed E-state index contributed by atoms with van der Waals surface area (Å²) in [4.78, 5) is 229. The second-order valence-corrected chi connectivity index (χ2v) is 37.9. The number of unbranched alkanes of at least 4 members (excludes halogenated alkanes) is 13. The molecule has 760 valence electrons. The van der Waals surface area contributed by atoms with E-state index >= 15 is 4.79 Å². The molecule has 0 bridgehead atoms. The highest BCUT2D eigenvalue weighted by molar-refractivity contribution is 6.01. The van der Waals surface area contributed by atoms with Gasteiger partial charge in [-0.3, -0.25) is 76.7 Å². The van der Waals surface area contributed by atoms with Gasteiger partial charge in [-0.15, -0.1) is 0 Å². The molecule has 0 aromatic rings. The van der Waals surface area contributed by atoms with Crippen LogP contribution in [0.4, 0.5) is 0 Å². The molecule has 1 aliphatic heterocycles. The molecule has 15 atom stereocenters. The Labute approximate surface area is 786 Å². The number of nitrogens with one attached hydrogen (secondary N) is 14. The van der Waals surface area contributed by atoms with Crippen LogP contribution in [-0.2, 0) is 76.7 Å². The average molecular weight is 1870 g/mol. The second kappa shape index (κ2) is 70.0. The van der Waals surface area contributed by atoms with E-state index in [2.05, 4.69) is 81.4 Å². The third kappa shape index (κ3) is 51.1. The Morgan fingerprint density at radius 2 is 0.500 bits per heavy atom. The van der Waals surface area contributed by atoms with Gasteiger partial charge >= 0.3 is 0 Å². The van der Waals surface area contributed by atoms with Gasteiger partial charge in [0.25, 0.3) is 0 Å². The zero-order valence-corrected chi connectivity index (χ0v) is 82.3. The van der Waals surface area contributed by atoms with Crippen LogP contribution in [0.5, 0.6) is 0 Å². The fourth-order valence-corrected chi connectivity index (χ4v) is 15.7. The maximum absolute atomic E-state index is 15.1. The minimum absolute atomic E-state index is 0.0335. The first kappa shape index (κ1) is 121. The molecule has 39 heteroatoms. The van der Waals surface area contributed by atoms with Gasteiger partial charge in [-0.25, -0.2) is 0 Å². The highest BCUT2D eigenvalue weighted by Crippen LogP contribution is 2.23. The van der Waals surface area contributed by atoms with Crippen molar-refractivity contribution >= 4 is 94.5 Å². The van der Waals surface area contributed by atoms with Gasteiger partial charge in [0.2, 0.25) is 94.5 Å². The average Bonchev–Trinajstić information content (AvgIpc) is 1.66. The van der Waals surface area contributed by atoms with Crippen molar-refractivity contribution in [3.8, 4) is 0 Å². The first-order chi connectivity index (χ1) is 62.7. The molecule has 0 aliphatic carbocycles. The second-order valence-electron chi connectivity index (χ2n) is 37.9. The highest BCUT2D eigenvalue weighted by Gasteiger charge is 2.42. The van der Waals surface area contributed by atoms with Crippen molar-refractivity contribution in [1.29, 1.82) is 0 Å². The van der Waals surface area contributed by atoms with Gasteiger partial charge in [0.15, 0.2) is 0 Å². The van der Waals surface area contributed by atoms with Crippen molar-refractivity contribution in [2.75, 3.05) is 52.4 Å². The number of primary amides is 1. The zero-order valence-electron chi connectivity index (χ0n) is 82.3. The van der Waals surface area contributed by atoms with Crippen molar-refractivity contribution < 1.29 is 76.7 Å². The van der Waals surface area contributed by atoms with E-state index in [1.165, 1.54) is 18.7 Å². The number of nitrogens with zero attached hydrogens (tertiary/aromatic N) is 1. The van der Waals surface area contributed by atoms with Crippen LogP contribution in [0.1, 0.15) is 321 Å². The van der Waals surface area contributed by atoms with Crippen molar-refractivity contribution in [2.45, 2.75) is 412 Å². The van der Waals surface area contributed by atoms with Gasteiger partial charge in [-0.05, 0) is 275 Å². The van der Waals surface area contributed by atoms with E-state index in [0.717, 1.165) is 38.5 Å². The third-order valence-electron chi connectivity index (χ3n) is 23.1. The highest BCUT2D eigenvalue weighted by atomic mass is 16.2. The summed E-state index contributed by atoms with van der Waals surface area (Å²) in [6.45, 7) is 25.5. The predicted molar refractivity (Wildman–Crippen MR) is 513 cm³/mol. The lowest BCUT2D eigenvalue weighted by Crippen LogP contribution is -2.61. The molecule has 1 saturated heterocycles. The zero-order chi connectivity index (χ0) is 99.4. The van der Waals surface area contributed by atoms with Crippen LogP contribution in [0, 0.1) is 29.6 Å². The summed E-state index contributed by atoms with van der Waals surface area (Å²) in [6.07, 6.45) is 15.8. The number of likely N-dealkylation sites (tertiary alicyclic amines) is 1. The fourth-order valence-electron chi connectivity index (χ4n) is 15.7. The van der Waals surface area contributed by atoms with Crippen molar-refractivity contribution in [3.63, 3.8) is 0 Å². The van der Waals surface area contributed by atoms with Crippen molar-refractivity contribution in [2.24, 2.45) is 75.5 Å². The first-order valence-electron chi connectivity index (χ1n) is 49.4. The van der Waals surface area contributed by atoms with Gasteiger partial charge in [0, 0.05) is 13.0 Å². The molecular weight excluding hydrogens is 1700 g/mol. The molecule has 0 aromatic carbocycles. The van der Waals surface area contributed by atoms with Crippen LogP contribution in [-0.4, -0.2) is 242 Å². The molecule has 16 amide bonds. The normalized spacial score (nSPS) is 15.9. The van der Waals surface area contributed by atoms with E-state index in [9.17, 15) is 71.9 Å². The van der Waals surface area contributed by atoms with Gasteiger partial charge < -0.3 is 125 Å². The molecule has 39 nitrogen and oxygen atoms in total. The molecule has 0 unspecified atom stereocenters. The van der Waals surface area contributed by atoms with Crippen LogP contribution >= 0.6 is 0 Å². The lowest BCUT2D eigenvalue weighted by molar-refractivity contribution is -0.143. The van der Waals surface area contributed by atoms with Gasteiger partial charge in [0.1, 0.15) is 90.6 Å². The van der Waals surface area contributed by atoms with Crippen LogP contribution < -0.4 is 120 Å². The number of rotatable bonds is 75. The van der Waals surface area contributed by atoms with Crippen LogP contribution in [0.25, 0.3) is 0 Å². The Kier molecular flexibility index (Phi) is 64.3. The summed E-state index contributed by atoms with van der Waals surface area (Å²) in [5.74, 6) is -11.8. The lowest BCUT2D eigenvalue weighted by Gasteiger charge is -2.31. The van der Waals surface area contributed by atoms with E-state index in [0.29, 0.717) is 122 Å². The first-order valence-corrected chi connectivity index (χ1v) is 49.4. The number of carbonyl (C=O) groups excluding carboxylic acids is 16. The lowest BCUT2D eigenvalue weighted by atomic mass is 9.98. The Bertz CT molecular complexity index is 3450. The number of hydrogen-bond donors (Lipinski definition) is 22. The van der Waals surface area contributed by atoms with Crippen molar-refractivity contribution in [3.05, 3.63) is 0 Å². The maximum Gasteiger partial charge on any atom is 0.245 e. The number of nitrogens with two attached hydrogens (primary N) is 8. The summed E-state index contributed by atoms with van der Waals surface area (Å²) < 4.78 is 0. The van der Waals surface area contributed by atoms with E-state index in [1.807, 2.05) is 69.2 Å². The Morgan fingerprint density at radius 1 is 0.265 bits per heavy atom.